The average molecular weight is 425 g/mol. The Balaban J connectivity index is 1.73. The third kappa shape index (κ3) is 5.21. The van der Waals surface area contributed by atoms with Gasteiger partial charge in [0.05, 0.1) is 16.0 Å². The van der Waals surface area contributed by atoms with Gasteiger partial charge in [0.25, 0.3) is 15.7 Å². The first-order valence-corrected chi connectivity index (χ1v) is 10.4. The van der Waals surface area contributed by atoms with E-state index in [1.165, 1.54) is 25.3 Å². The van der Waals surface area contributed by atoms with Gasteiger partial charge in [0.15, 0.2) is 0 Å². The number of sulfonamides is 1. The van der Waals surface area contributed by atoms with Gasteiger partial charge in [-0.3, -0.25) is 10.1 Å². The molecule has 0 aliphatic heterocycles. The Bertz CT molecular complexity index is 1180. The molecule has 0 aliphatic rings. The predicted molar refractivity (Wildman–Crippen MR) is 113 cm³/mol. The van der Waals surface area contributed by atoms with Crippen LogP contribution in [0.25, 0.3) is 0 Å². The van der Waals surface area contributed by atoms with Crippen molar-refractivity contribution in [3.05, 3.63) is 99.6 Å². The van der Waals surface area contributed by atoms with Crippen LogP contribution in [0.4, 0.5) is 5.69 Å². The number of aryl methyl sites for hydroxylation is 1. The molecule has 30 heavy (non-hydrogen) atoms. The number of nitro benzene ring substituents is 1. The maximum absolute atomic E-state index is 12.4. The van der Waals surface area contributed by atoms with Gasteiger partial charge in [-0.25, -0.2) is 4.83 Å². The molecule has 3 aromatic carbocycles. The van der Waals surface area contributed by atoms with Gasteiger partial charge in [-0.05, 0) is 30.7 Å². The fraction of sp³-hybridized carbons (Fsp3) is 0.0952. The number of para-hydroxylation sites is 1. The van der Waals surface area contributed by atoms with Crippen LogP contribution in [-0.4, -0.2) is 19.6 Å². The molecule has 8 nitrogen and oxygen atoms in total. The van der Waals surface area contributed by atoms with E-state index in [2.05, 4.69) is 9.93 Å². The van der Waals surface area contributed by atoms with Gasteiger partial charge in [-0.2, -0.15) is 13.5 Å². The van der Waals surface area contributed by atoms with Crippen molar-refractivity contribution >= 4 is 21.9 Å². The lowest BCUT2D eigenvalue weighted by molar-refractivity contribution is -0.385. The number of rotatable bonds is 8. The van der Waals surface area contributed by atoms with Crippen LogP contribution < -0.4 is 9.57 Å². The third-order valence-electron chi connectivity index (χ3n) is 4.22. The zero-order chi connectivity index (χ0) is 21.6. The van der Waals surface area contributed by atoms with E-state index >= 15 is 0 Å². The van der Waals surface area contributed by atoms with Crippen LogP contribution >= 0.6 is 0 Å². The summed E-state index contributed by atoms with van der Waals surface area (Å²) in [6, 6.07) is 20.3. The largest absolute Gasteiger partial charge is 0.488 e. The molecule has 0 bridgehead atoms. The minimum Gasteiger partial charge on any atom is -0.488 e. The molecule has 0 aromatic heterocycles. The number of hydrogen-bond donors (Lipinski definition) is 1. The molecule has 0 amide bonds. The Morgan fingerprint density at radius 1 is 1.07 bits per heavy atom. The van der Waals surface area contributed by atoms with Crippen molar-refractivity contribution in [3.63, 3.8) is 0 Å². The monoisotopic (exact) mass is 425 g/mol. The highest BCUT2D eigenvalue weighted by atomic mass is 32.2. The molecular formula is C21H19N3O5S. The van der Waals surface area contributed by atoms with Gasteiger partial charge in [0, 0.05) is 17.2 Å². The molecule has 0 saturated heterocycles. The predicted octanol–water partition coefficient (Wildman–Crippen LogP) is 3.79. The molecule has 1 N–H and O–H groups in total. The number of nitro groups is 1. The van der Waals surface area contributed by atoms with Crippen molar-refractivity contribution in [3.8, 4) is 5.75 Å². The Kier molecular flexibility index (Phi) is 6.43. The van der Waals surface area contributed by atoms with Gasteiger partial charge in [-0.15, -0.1) is 0 Å². The highest BCUT2D eigenvalue weighted by Gasteiger charge is 2.19. The first-order chi connectivity index (χ1) is 14.4. The summed E-state index contributed by atoms with van der Waals surface area (Å²) in [7, 11) is -4.06. The van der Waals surface area contributed by atoms with E-state index in [-0.39, 0.29) is 10.6 Å². The van der Waals surface area contributed by atoms with E-state index in [1.807, 2.05) is 30.3 Å². The van der Waals surface area contributed by atoms with Gasteiger partial charge in [-0.1, -0.05) is 48.5 Å². The summed E-state index contributed by atoms with van der Waals surface area (Å²) in [4.78, 5) is 12.3. The molecular weight excluding hydrogens is 406 g/mol. The molecule has 0 saturated carbocycles. The molecule has 0 fully saturated rings. The first kappa shape index (κ1) is 21.0. The molecule has 3 rings (SSSR count). The Hall–Kier alpha value is -3.72. The maximum Gasteiger partial charge on any atom is 0.276 e. The van der Waals surface area contributed by atoms with Crippen LogP contribution in [0.15, 0.2) is 82.8 Å². The smallest absolute Gasteiger partial charge is 0.276 e. The molecule has 0 unspecified atom stereocenters. The number of benzene rings is 3. The second-order valence-electron chi connectivity index (χ2n) is 6.37. The number of hydrogen-bond acceptors (Lipinski definition) is 6. The number of nitrogens with zero attached hydrogens (tertiary/aromatic N) is 2. The molecule has 3 aromatic rings. The minimum atomic E-state index is -4.06. The van der Waals surface area contributed by atoms with Crippen LogP contribution in [0.2, 0.25) is 0 Å². The SMILES string of the molecule is Cc1ccc(S(=O)(=O)N/N=C/c2ccccc2OCc2ccccc2)cc1[N+](=O)[O-]. The van der Waals surface area contributed by atoms with E-state index in [4.69, 9.17) is 4.74 Å². The average Bonchev–Trinajstić information content (AvgIpc) is 2.73. The van der Waals surface area contributed by atoms with E-state index < -0.39 is 14.9 Å². The van der Waals surface area contributed by atoms with Gasteiger partial charge < -0.3 is 4.74 Å². The molecule has 0 radical (unpaired) electrons. The lowest BCUT2D eigenvalue weighted by Crippen LogP contribution is -2.18. The van der Waals surface area contributed by atoms with Crippen LogP contribution in [-0.2, 0) is 16.6 Å². The quantitative estimate of drug-likeness (QED) is 0.335. The van der Waals surface area contributed by atoms with Crippen LogP contribution in [0.5, 0.6) is 5.75 Å². The topological polar surface area (TPSA) is 111 Å². The summed E-state index contributed by atoms with van der Waals surface area (Å²) in [5.74, 6) is 0.537. The van der Waals surface area contributed by atoms with Gasteiger partial charge in [0.2, 0.25) is 0 Å². The van der Waals surface area contributed by atoms with E-state index in [0.29, 0.717) is 23.5 Å². The standard InChI is InChI=1S/C21H19N3O5S/c1-16-11-12-19(13-20(16)24(25)26)30(27,28)23-22-14-18-9-5-6-10-21(18)29-15-17-7-3-2-4-8-17/h2-14,23H,15H2,1H3/b22-14+. The van der Waals surface area contributed by atoms with Crippen LogP contribution in [0.1, 0.15) is 16.7 Å². The number of ether oxygens (including phenoxy) is 1. The Labute approximate surface area is 174 Å². The lowest BCUT2D eigenvalue weighted by Gasteiger charge is -2.09. The second-order valence-corrected chi connectivity index (χ2v) is 8.03. The molecule has 154 valence electrons. The summed E-state index contributed by atoms with van der Waals surface area (Å²) < 4.78 is 30.7. The van der Waals surface area contributed by atoms with Crippen molar-refractivity contribution < 1.29 is 18.1 Å². The summed E-state index contributed by atoms with van der Waals surface area (Å²) in [6.45, 7) is 1.89. The van der Waals surface area contributed by atoms with Gasteiger partial charge >= 0.3 is 0 Å². The Morgan fingerprint density at radius 2 is 1.77 bits per heavy atom. The van der Waals surface area contributed by atoms with Crippen LogP contribution in [0, 0.1) is 17.0 Å². The van der Waals surface area contributed by atoms with Crippen molar-refractivity contribution in [1.82, 2.24) is 4.83 Å². The zero-order valence-corrected chi connectivity index (χ0v) is 16.9. The minimum absolute atomic E-state index is 0.245. The molecule has 0 spiro atoms. The normalized spacial score (nSPS) is 11.4. The van der Waals surface area contributed by atoms with E-state index in [0.717, 1.165) is 11.6 Å². The maximum atomic E-state index is 12.4. The fourth-order valence-electron chi connectivity index (χ4n) is 2.62. The highest BCUT2D eigenvalue weighted by Crippen LogP contribution is 2.22. The first-order valence-electron chi connectivity index (χ1n) is 8.92. The van der Waals surface area contributed by atoms with Crippen molar-refractivity contribution in [2.45, 2.75) is 18.4 Å². The molecule has 0 atom stereocenters. The molecule has 0 heterocycles. The van der Waals surface area contributed by atoms with Gasteiger partial charge in [0.1, 0.15) is 12.4 Å². The van der Waals surface area contributed by atoms with Crippen LogP contribution in [0.3, 0.4) is 0 Å². The summed E-state index contributed by atoms with van der Waals surface area (Å²) in [6.07, 6.45) is 1.32. The molecule has 9 heteroatoms. The van der Waals surface area contributed by atoms with E-state index in [1.54, 1.807) is 24.3 Å². The summed E-state index contributed by atoms with van der Waals surface area (Å²) in [5.41, 5.74) is 1.66. The van der Waals surface area contributed by atoms with E-state index in [9.17, 15) is 18.5 Å². The zero-order valence-electron chi connectivity index (χ0n) is 16.1. The molecule has 0 aliphatic carbocycles. The second kappa shape index (κ2) is 9.19. The van der Waals surface area contributed by atoms with Crippen molar-refractivity contribution in [2.24, 2.45) is 5.10 Å². The summed E-state index contributed by atoms with van der Waals surface area (Å²) >= 11 is 0. The lowest BCUT2D eigenvalue weighted by atomic mass is 10.2. The third-order valence-corrected chi connectivity index (χ3v) is 5.44. The summed E-state index contributed by atoms with van der Waals surface area (Å²) in [5, 5.41) is 14.8. The number of hydrazone groups is 1. The number of nitrogens with one attached hydrogen (secondary N) is 1. The van der Waals surface area contributed by atoms with Crippen molar-refractivity contribution in [2.75, 3.05) is 0 Å². The fourth-order valence-corrected chi connectivity index (χ4v) is 3.44. The highest BCUT2D eigenvalue weighted by molar-refractivity contribution is 7.89. The Morgan fingerprint density at radius 3 is 2.50 bits per heavy atom. The van der Waals surface area contributed by atoms with Crippen molar-refractivity contribution in [1.29, 1.82) is 0 Å².